The van der Waals surface area contributed by atoms with Crippen molar-refractivity contribution < 1.29 is 21.6 Å². The van der Waals surface area contributed by atoms with E-state index in [0.29, 0.717) is 15.4 Å². The van der Waals surface area contributed by atoms with Crippen LogP contribution in [0.4, 0.5) is 18.9 Å². The van der Waals surface area contributed by atoms with Crippen LogP contribution in [0, 0.1) is 13.8 Å². The lowest BCUT2D eigenvalue weighted by molar-refractivity contribution is -0.141. The van der Waals surface area contributed by atoms with Crippen LogP contribution >= 0.6 is 11.3 Å². The highest BCUT2D eigenvalue weighted by molar-refractivity contribution is 7.93. The highest BCUT2D eigenvalue weighted by atomic mass is 32.2. The molecule has 0 fully saturated rings. The van der Waals surface area contributed by atoms with Gasteiger partial charge in [-0.25, -0.2) is 8.42 Å². The summed E-state index contributed by atoms with van der Waals surface area (Å²) < 4.78 is 65.7. The van der Waals surface area contributed by atoms with Gasteiger partial charge >= 0.3 is 6.18 Å². The van der Waals surface area contributed by atoms with Crippen LogP contribution in [0.15, 0.2) is 41.3 Å². The third-order valence-corrected chi connectivity index (χ3v) is 6.31. The standard InChI is InChI=1S/C16H14F3N3O2S2/c1-9-3-5-11(6-4-9)22-26(23,24)14-8-13(25-10(14)2)12-7-15(21-20-12)16(17,18)19/h3-8,22H,1-2H3,(H,20,21). The van der Waals surface area contributed by atoms with Crippen molar-refractivity contribution in [2.45, 2.75) is 24.9 Å². The molecule has 0 saturated carbocycles. The van der Waals surface area contributed by atoms with Crippen molar-refractivity contribution in [3.63, 3.8) is 0 Å². The molecule has 0 unspecified atom stereocenters. The first-order valence-corrected chi connectivity index (χ1v) is 9.69. The molecule has 0 bridgehead atoms. The molecule has 0 aliphatic heterocycles. The molecule has 0 spiro atoms. The van der Waals surface area contributed by atoms with Crippen LogP contribution in [-0.4, -0.2) is 18.6 Å². The van der Waals surface area contributed by atoms with Gasteiger partial charge < -0.3 is 0 Å². The van der Waals surface area contributed by atoms with E-state index in [2.05, 4.69) is 9.82 Å². The average Bonchev–Trinajstić information content (AvgIpc) is 3.15. The molecule has 1 aromatic carbocycles. The third kappa shape index (κ3) is 3.75. The Morgan fingerprint density at radius 2 is 1.77 bits per heavy atom. The number of nitrogens with one attached hydrogen (secondary N) is 2. The Morgan fingerprint density at radius 1 is 1.12 bits per heavy atom. The molecule has 0 aliphatic carbocycles. The van der Waals surface area contributed by atoms with Gasteiger partial charge in [-0.05, 0) is 38.1 Å². The molecule has 0 aliphatic rings. The van der Waals surface area contributed by atoms with Gasteiger partial charge in [0.25, 0.3) is 10.0 Å². The van der Waals surface area contributed by atoms with Gasteiger partial charge in [0.15, 0.2) is 0 Å². The molecular formula is C16H14F3N3O2S2. The maximum absolute atomic E-state index is 12.7. The quantitative estimate of drug-likeness (QED) is 0.672. The van der Waals surface area contributed by atoms with Crippen molar-refractivity contribution in [3.05, 3.63) is 52.5 Å². The largest absolute Gasteiger partial charge is 0.432 e. The number of rotatable bonds is 4. The summed E-state index contributed by atoms with van der Waals surface area (Å²) in [6.45, 7) is 3.47. The number of halogens is 3. The number of aryl methyl sites for hydroxylation is 2. The zero-order valence-corrected chi connectivity index (χ0v) is 15.3. The number of sulfonamides is 1. The van der Waals surface area contributed by atoms with Crippen LogP contribution in [0.3, 0.4) is 0 Å². The van der Waals surface area contributed by atoms with Crippen molar-refractivity contribution in [3.8, 4) is 10.6 Å². The molecule has 138 valence electrons. The number of H-pyrrole nitrogens is 1. The van der Waals surface area contributed by atoms with Crippen LogP contribution in [-0.2, 0) is 16.2 Å². The molecule has 3 rings (SSSR count). The second kappa shape index (κ2) is 6.44. The van der Waals surface area contributed by atoms with E-state index in [4.69, 9.17) is 0 Å². The van der Waals surface area contributed by atoms with Crippen molar-refractivity contribution in [1.82, 2.24) is 10.2 Å². The first-order valence-electron chi connectivity index (χ1n) is 7.39. The molecule has 3 aromatic rings. The monoisotopic (exact) mass is 401 g/mol. The van der Waals surface area contributed by atoms with Gasteiger partial charge in [0.2, 0.25) is 0 Å². The normalized spacial score (nSPS) is 12.3. The van der Waals surface area contributed by atoms with E-state index in [1.165, 1.54) is 6.07 Å². The summed E-state index contributed by atoms with van der Waals surface area (Å²) >= 11 is 1.06. The fraction of sp³-hybridized carbons (Fsp3) is 0.188. The number of nitrogens with zero attached hydrogens (tertiary/aromatic N) is 1. The summed E-state index contributed by atoms with van der Waals surface area (Å²) in [5.74, 6) is 0. The van der Waals surface area contributed by atoms with Gasteiger partial charge in [-0.3, -0.25) is 9.82 Å². The first-order chi connectivity index (χ1) is 12.1. The van der Waals surface area contributed by atoms with Gasteiger partial charge in [-0.1, -0.05) is 17.7 Å². The maximum Gasteiger partial charge on any atom is 0.432 e. The zero-order valence-electron chi connectivity index (χ0n) is 13.7. The van der Waals surface area contributed by atoms with Gasteiger partial charge in [0.1, 0.15) is 16.3 Å². The fourth-order valence-corrected chi connectivity index (χ4v) is 4.90. The summed E-state index contributed by atoms with van der Waals surface area (Å²) in [4.78, 5) is 0.796. The van der Waals surface area contributed by atoms with Crippen LogP contribution in [0.5, 0.6) is 0 Å². The number of hydrogen-bond acceptors (Lipinski definition) is 4. The molecule has 5 nitrogen and oxygen atoms in total. The molecule has 0 radical (unpaired) electrons. The van der Waals surface area contributed by atoms with Gasteiger partial charge in [0, 0.05) is 10.6 Å². The molecule has 0 atom stereocenters. The van der Waals surface area contributed by atoms with Crippen LogP contribution in [0.2, 0.25) is 0 Å². The Bertz CT molecular complexity index is 1040. The van der Waals surface area contributed by atoms with Crippen LogP contribution in [0.1, 0.15) is 16.1 Å². The van der Waals surface area contributed by atoms with Crippen LogP contribution < -0.4 is 4.72 Å². The van der Waals surface area contributed by atoms with Gasteiger partial charge in [-0.2, -0.15) is 18.3 Å². The number of alkyl halides is 3. The molecule has 0 saturated heterocycles. The van der Waals surface area contributed by atoms with E-state index in [1.807, 2.05) is 12.0 Å². The third-order valence-electron chi connectivity index (χ3n) is 3.60. The SMILES string of the molecule is Cc1ccc(NS(=O)(=O)c2cc(-c3cc(C(F)(F)F)[nH]n3)sc2C)cc1. The predicted molar refractivity (Wildman–Crippen MR) is 93.6 cm³/mol. The number of benzene rings is 1. The highest BCUT2D eigenvalue weighted by Crippen LogP contribution is 2.36. The smallest absolute Gasteiger partial charge is 0.280 e. The predicted octanol–water partition coefficient (Wildman–Crippen LogP) is 4.57. The number of aromatic amines is 1. The van der Waals surface area contributed by atoms with E-state index in [9.17, 15) is 21.6 Å². The lowest BCUT2D eigenvalue weighted by Gasteiger charge is -2.07. The van der Waals surface area contributed by atoms with Crippen molar-refractivity contribution in [2.75, 3.05) is 4.72 Å². The lowest BCUT2D eigenvalue weighted by atomic mass is 10.2. The minimum atomic E-state index is -4.54. The minimum Gasteiger partial charge on any atom is -0.280 e. The molecule has 26 heavy (non-hydrogen) atoms. The van der Waals surface area contributed by atoms with E-state index in [0.717, 1.165) is 23.0 Å². The van der Waals surface area contributed by atoms with Crippen molar-refractivity contribution in [1.29, 1.82) is 0 Å². The number of thiophene rings is 1. The van der Waals surface area contributed by atoms with Crippen molar-refractivity contribution in [2.24, 2.45) is 0 Å². The average molecular weight is 401 g/mol. The Kier molecular flexibility index (Phi) is 4.57. The lowest BCUT2D eigenvalue weighted by Crippen LogP contribution is -2.13. The topological polar surface area (TPSA) is 74.8 Å². The molecule has 2 aromatic heterocycles. The molecule has 0 amide bonds. The van der Waals surface area contributed by atoms with Crippen LogP contribution in [0.25, 0.3) is 10.6 Å². The fourth-order valence-electron chi connectivity index (χ4n) is 2.28. The number of hydrogen-bond donors (Lipinski definition) is 2. The van der Waals surface area contributed by atoms with Gasteiger partial charge in [-0.15, -0.1) is 11.3 Å². The van der Waals surface area contributed by atoms with E-state index < -0.39 is 21.9 Å². The molecule has 10 heteroatoms. The summed E-state index contributed by atoms with van der Waals surface area (Å²) in [5, 5.41) is 5.56. The Labute approximate surface area is 151 Å². The Hall–Kier alpha value is -2.33. The maximum atomic E-state index is 12.7. The first kappa shape index (κ1) is 18.5. The summed E-state index contributed by atoms with van der Waals surface area (Å²) in [5.41, 5.74) is 0.450. The Morgan fingerprint density at radius 3 is 2.35 bits per heavy atom. The number of aromatic nitrogens is 2. The second-order valence-corrected chi connectivity index (χ2v) is 8.57. The highest BCUT2D eigenvalue weighted by Gasteiger charge is 2.33. The number of anilines is 1. The molecule has 2 heterocycles. The summed E-state index contributed by atoms with van der Waals surface area (Å²) in [6, 6.07) is 9.00. The summed E-state index contributed by atoms with van der Waals surface area (Å²) in [6.07, 6.45) is -4.54. The zero-order chi connectivity index (χ0) is 19.1. The minimum absolute atomic E-state index is 0.00892. The van der Waals surface area contributed by atoms with E-state index >= 15 is 0 Å². The van der Waals surface area contributed by atoms with Crippen molar-refractivity contribution >= 4 is 27.0 Å². The Balaban J connectivity index is 1.92. The van der Waals surface area contributed by atoms with E-state index in [1.54, 1.807) is 31.2 Å². The molecular weight excluding hydrogens is 387 g/mol. The van der Waals surface area contributed by atoms with E-state index in [-0.39, 0.29) is 10.6 Å². The second-order valence-electron chi connectivity index (χ2n) is 5.67. The summed E-state index contributed by atoms with van der Waals surface area (Å²) in [7, 11) is -3.87. The molecule has 2 N–H and O–H groups in total. The van der Waals surface area contributed by atoms with Gasteiger partial charge in [0.05, 0.1) is 4.88 Å².